The molecular formula is C20H20FN3O2. The van der Waals surface area contributed by atoms with Crippen molar-refractivity contribution >= 4 is 23.2 Å². The number of halogens is 1. The molecule has 2 aliphatic heterocycles. The van der Waals surface area contributed by atoms with Gasteiger partial charge in [0.2, 0.25) is 5.91 Å². The molecule has 0 aliphatic carbocycles. The Kier molecular flexibility index (Phi) is 4.32. The summed E-state index contributed by atoms with van der Waals surface area (Å²) in [4.78, 5) is 26.9. The summed E-state index contributed by atoms with van der Waals surface area (Å²) in [5, 5.41) is 5.71. The summed E-state index contributed by atoms with van der Waals surface area (Å²) >= 11 is 0. The van der Waals surface area contributed by atoms with Crippen LogP contribution in [0.4, 0.5) is 15.8 Å². The number of fused-ring (bicyclic) bond motifs is 3. The van der Waals surface area contributed by atoms with Crippen molar-refractivity contribution in [3.8, 4) is 0 Å². The van der Waals surface area contributed by atoms with Crippen LogP contribution in [0.2, 0.25) is 0 Å². The van der Waals surface area contributed by atoms with Crippen LogP contribution in [-0.2, 0) is 11.3 Å². The van der Waals surface area contributed by atoms with Crippen molar-refractivity contribution < 1.29 is 14.0 Å². The average Bonchev–Trinajstić information content (AvgIpc) is 2.66. The van der Waals surface area contributed by atoms with Crippen molar-refractivity contribution in [2.24, 2.45) is 0 Å². The second kappa shape index (κ2) is 6.78. The van der Waals surface area contributed by atoms with Crippen LogP contribution in [0.25, 0.3) is 0 Å². The molecular weight excluding hydrogens is 333 g/mol. The summed E-state index contributed by atoms with van der Waals surface area (Å²) < 4.78 is 13.2. The minimum absolute atomic E-state index is 0.00508. The van der Waals surface area contributed by atoms with Crippen LogP contribution in [0.3, 0.4) is 0 Å². The van der Waals surface area contributed by atoms with Crippen molar-refractivity contribution in [1.29, 1.82) is 0 Å². The summed E-state index contributed by atoms with van der Waals surface area (Å²) in [6, 6.07) is 11.4. The first kappa shape index (κ1) is 16.6. The molecule has 2 aromatic carbocycles. The van der Waals surface area contributed by atoms with E-state index in [2.05, 4.69) is 15.5 Å². The van der Waals surface area contributed by atoms with Crippen molar-refractivity contribution in [2.75, 3.05) is 16.8 Å². The van der Waals surface area contributed by atoms with Crippen LogP contribution < -0.4 is 15.5 Å². The molecule has 0 spiro atoms. The summed E-state index contributed by atoms with van der Waals surface area (Å²) in [7, 11) is 0. The topological polar surface area (TPSA) is 61.4 Å². The van der Waals surface area contributed by atoms with Gasteiger partial charge < -0.3 is 15.5 Å². The van der Waals surface area contributed by atoms with Gasteiger partial charge in [-0.3, -0.25) is 9.59 Å². The summed E-state index contributed by atoms with van der Waals surface area (Å²) in [6.45, 7) is 1.10. The van der Waals surface area contributed by atoms with Crippen LogP contribution in [0.15, 0.2) is 42.5 Å². The number of hydrogen-bond donors (Lipinski definition) is 2. The van der Waals surface area contributed by atoms with Gasteiger partial charge in [0.05, 0.1) is 11.4 Å². The number of nitrogens with zero attached hydrogens (tertiary/aromatic N) is 1. The highest BCUT2D eigenvalue weighted by Crippen LogP contribution is 2.36. The molecule has 0 radical (unpaired) electrons. The monoisotopic (exact) mass is 353 g/mol. The molecule has 134 valence electrons. The second-order valence-corrected chi connectivity index (χ2v) is 6.74. The zero-order valence-corrected chi connectivity index (χ0v) is 14.3. The minimum atomic E-state index is -0.329. The van der Waals surface area contributed by atoms with E-state index in [4.69, 9.17) is 0 Å². The highest BCUT2D eigenvalue weighted by molar-refractivity contribution is 6.05. The van der Waals surface area contributed by atoms with Gasteiger partial charge in [0, 0.05) is 18.7 Å². The fourth-order valence-corrected chi connectivity index (χ4v) is 3.67. The largest absolute Gasteiger partial charge is 0.358 e. The van der Waals surface area contributed by atoms with Gasteiger partial charge in [0.1, 0.15) is 11.9 Å². The maximum atomic E-state index is 13.2. The predicted octanol–water partition coefficient (Wildman–Crippen LogP) is 3.07. The van der Waals surface area contributed by atoms with Gasteiger partial charge >= 0.3 is 0 Å². The zero-order valence-electron chi connectivity index (χ0n) is 14.3. The first-order valence-corrected chi connectivity index (χ1v) is 8.86. The minimum Gasteiger partial charge on any atom is -0.358 e. The normalized spacial score (nSPS) is 18.6. The number of nitrogens with one attached hydrogen (secondary N) is 2. The van der Waals surface area contributed by atoms with Gasteiger partial charge in [-0.1, -0.05) is 12.1 Å². The highest BCUT2D eigenvalue weighted by atomic mass is 19.1. The molecule has 0 aromatic heterocycles. The molecule has 0 bridgehead atoms. The number of anilines is 2. The van der Waals surface area contributed by atoms with E-state index in [-0.39, 0.29) is 30.2 Å². The van der Waals surface area contributed by atoms with Crippen molar-refractivity contribution in [3.05, 3.63) is 59.4 Å². The number of carbonyl (C=O) groups is 2. The number of rotatable bonds is 3. The summed E-state index contributed by atoms with van der Waals surface area (Å²) in [5.74, 6) is -0.592. The number of hydrogen-bond acceptors (Lipinski definition) is 3. The van der Waals surface area contributed by atoms with Crippen LogP contribution in [0.1, 0.15) is 35.2 Å². The van der Waals surface area contributed by atoms with Gasteiger partial charge in [0.25, 0.3) is 5.91 Å². The molecule has 5 nitrogen and oxygen atoms in total. The lowest BCUT2D eigenvalue weighted by atomic mass is 9.97. The first-order valence-electron chi connectivity index (χ1n) is 8.86. The molecule has 0 unspecified atom stereocenters. The molecule has 26 heavy (non-hydrogen) atoms. The summed E-state index contributed by atoms with van der Waals surface area (Å²) in [5.41, 5.74) is 2.80. The van der Waals surface area contributed by atoms with E-state index in [0.29, 0.717) is 16.8 Å². The fourth-order valence-electron chi connectivity index (χ4n) is 3.67. The average molecular weight is 353 g/mol. The maximum Gasteiger partial charge on any atom is 0.251 e. The van der Waals surface area contributed by atoms with Gasteiger partial charge in [-0.25, -0.2) is 4.39 Å². The van der Waals surface area contributed by atoms with Crippen molar-refractivity contribution in [1.82, 2.24) is 5.32 Å². The Bertz CT molecular complexity index is 868. The molecule has 0 saturated carbocycles. The van der Waals surface area contributed by atoms with E-state index < -0.39 is 0 Å². The Labute approximate surface area is 151 Å². The molecule has 2 aromatic rings. The molecule has 1 atom stereocenters. The third kappa shape index (κ3) is 3.14. The third-order valence-corrected chi connectivity index (χ3v) is 4.97. The smallest absolute Gasteiger partial charge is 0.251 e. The Hall–Kier alpha value is -2.89. The van der Waals surface area contributed by atoms with E-state index in [1.54, 1.807) is 24.3 Å². The lowest BCUT2D eigenvalue weighted by molar-refractivity contribution is -0.118. The van der Waals surface area contributed by atoms with Gasteiger partial charge in [0.15, 0.2) is 0 Å². The Balaban J connectivity index is 1.51. The lowest BCUT2D eigenvalue weighted by Gasteiger charge is -2.41. The maximum absolute atomic E-state index is 13.2. The SMILES string of the molecule is O=C(NCc1cccc(F)c1)c1ccc2c(c1)NC(=O)[C@@H]1CCCCN21. The molecule has 2 aliphatic rings. The van der Waals surface area contributed by atoms with E-state index >= 15 is 0 Å². The quantitative estimate of drug-likeness (QED) is 0.891. The molecule has 2 amide bonds. The standard InChI is InChI=1S/C20H20FN3O2/c21-15-5-3-4-13(10-15)12-22-19(25)14-7-8-17-16(11-14)23-20(26)18-6-1-2-9-24(17)18/h3-5,7-8,10-11,18H,1-2,6,9,12H2,(H,22,25)(H,23,26)/t18-/m0/s1. The third-order valence-electron chi connectivity index (χ3n) is 4.97. The van der Waals surface area contributed by atoms with Gasteiger partial charge in [-0.2, -0.15) is 0 Å². The van der Waals surface area contributed by atoms with Crippen molar-refractivity contribution in [3.63, 3.8) is 0 Å². The van der Waals surface area contributed by atoms with E-state index in [9.17, 15) is 14.0 Å². The van der Waals surface area contributed by atoms with Gasteiger partial charge in [-0.15, -0.1) is 0 Å². The number of benzene rings is 2. The fraction of sp³-hybridized carbons (Fsp3) is 0.300. The Morgan fingerprint density at radius 2 is 2.12 bits per heavy atom. The number of amides is 2. The lowest BCUT2D eigenvalue weighted by Crippen LogP contribution is -2.50. The Morgan fingerprint density at radius 1 is 1.23 bits per heavy atom. The van der Waals surface area contributed by atoms with Crippen LogP contribution in [0.5, 0.6) is 0 Å². The summed E-state index contributed by atoms with van der Waals surface area (Å²) in [6.07, 6.45) is 2.99. The first-order chi connectivity index (χ1) is 12.6. The molecule has 1 saturated heterocycles. The highest BCUT2D eigenvalue weighted by Gasteiger charge is 2.34. The molecule has 1 fully saturated rings. The van der Waals surface area contributed by atoms with E-state index in [0.717, 1.165) is 31.5 Å². The van der Waals surface area contributed by atoms with Crippen LogP contribution in [-0.4, -0.2) is 24.4 Å². The van der Waals surface area contributed by atoms with Crippen molar-refractivity contribution in [2.45, 2.75) is 31.8 Å². The second-order valence-electron chi connectivity index (χ2n) is 6.74. The molecule has 4 rings (SSSR count). The molecule has 2 N–H and O–H groups in total. The van der Waals surface area contributed by atoms with Crippen LogP contribution in [0, 0.1) is 5.82 Å². The zero-order chi connectivity index (χ0) is 18.1. The van der Waals surface area contributed by atoms with Gasteiger partial charge in [-0.05, 0) is 55.2 Å². The molecule has 2 heterocycles. The van der Waals surface area contributed by atoms with E-state index in [1.807, 2.05) is 6.07 Å². The number of carbonyl (C=O) groups excluding carboxylic acids is 2. The van der Waals surface area contributed by atoms with Crippen LogP contribution >= 0.6 is 0 Å². The molecule has 6 heteroatoms. The van der Waals surface area contributed by atoms with E-state index in [1.165, 1.54) is 12.1 Å². The predicted molar refractivity (Wildman–Crippen MR) is 97.6 cm³/mol. The Morgan fingerprint density at radius 3 is 2.96 bits per heavy atom. The number of piperidine rings is 1.